The molecule has 162 valence electrons. The molecule has 0 spiro atoms. The van der Waals surface area contributed by atoms with E-state index in [2.05, 4.69) is 10.1 Å². The highest BCUT2D eigenvalue weighted by Gasteiger charge is 2.31. The molecule has 0 aromatic heterocycles. The molecule has 1 aliphatic heterocycles. The third-order valence-electron chi connectivity index (χ3n) is 4.00. The number of amides is 1. The van der Waals surface area contributed by atoms with Crippen molar-refractivity contribution in [2.45, 2.75) is 13.3 Å². The average molecular weight is 446 g/mol. The maximum Gasteiger partial charge on any atom is 0.573 e. The van der Waals surface area contributed by atoms with Crippen molar-refractivity contribution in [1.82, 2.24) is 0 Å². The van der Waals surface area contributed by atoms with Gasteiger partial charge in [-0.15, -0.1) is 13.2 Å². The lowest BCUT2D eigenvalue weighted by Crippen LogP contribution is -2.39. The Bertz CT molecular complexity index is 1030. The molecule has 1 heterocycles. The van der Waals surface area contributed by atoms with Gasteiger partial charge in [-0.1, -0.05) is 0 Å². The SMILES string of the molecule is CCS(=O)(=O)N(CC(=O)Nc1ccc(OC(F)(F)F)cc1)c1ccc2c(c1)OCO2. The number of nitrogens with zero attached hydrogens (tertiary/aromatic N) is 1. The van der Waals surface area contributed by atoms with Gasteiger partial charge in [0.15, 0.2) is 11.5 Å². The Morgan fingerprint density at radius 3 is 2.43 bits per heavy atom. The number of fused-ring (bicyclic) bond motifs is 1. The summed E-state index contributed by atoms with van der Waals surface area (Å²) in [6.07, 6.45) is -4.83. The van der Waals surface area contributed by atoms with Crippen LogP contribution in [0.25, 0.3) is 0 Å². The summed E-state index contributed by atoms with van der Waals surface area (Å²) in [6, 6.07) is 8.94. The van der Waals surface area contributed by atoms with Crippen LogP contribution < -0.4 is 23.8 Å². The molecular weight excluding hydrogens is 429 g/mol. The fourth-order valence-corrected chi connectivity index (χ4v) is 3.68. The van der Waals surface area contributed by atoms with E-state index in [1.807, 2.05) is 0 Å². The molecule has 1 aliphatic rings. The average Bonchev–Trinajstić information content (AvgIpc) is 3.14. The smallest absolute Gasteiger partial charge is 0.454 e. The molecule has 30 heavy (non-hydrogen) atoms. The van der Waals surface area contributed by atoms with Crippen LogP contribution >= 0.6 is 0 Å². The standard InChI is InChI=1S/C18H17F3N2O6S/c1-2-30(25,26)23(13-5-8-15-16(9-13)28-11-27-15)10-17(24)22-12-3-6-14(7-4-12)29-18(19,20)21/h3-9H,2,10-11H2,1H3,(H,22,24). The fourth-order valence-electron chi connectivity index (χ4n) is 2.62. The zero-order valence-electron chi connectivity index (χ0n) is 15.6. The van der Waals surface area contributed by atoms with Crippen LogP contribution in [0, 0.1) is 0 Å². The molecule has 0 radical (unpaired) electrons. The summed E-state index contributed by atoms with van der Waals surface area (Å²) < 4.78 is 76.8. The maximum atomic E-state index is 12.5. The van der Waals surface area contributed by atoms with Gasteiger partial charge >= 0.3 is 6.36 Å². The number of rotatable bonds is 7. The summed E-state index contributed by atoms with van der Waals surface area (Å²) in [5, 5.41) is 2.44. The number of sulfonamides is 1. The lowest BCUT2D eigenvalue weighted by atomic mass is 10.2. The van der Waals surface area contributed by atoms with Crippen LogP contribution in [-0.2, 0) is 14.8 Å². The zero-order chi connectivity index (χ0) is 21.9. The van der Waals surface area contributed by atoms with Crippen molar-refractivity contribution in [3.8, 4) is 17.2 Å². The van der Waals surface area contributed by atoms with Crippen LogP contribution in [0.4, 0.5) is 24.5 Å². The summed E-state index contributed by atoms with van der Waals surface area (Å²) in [7, 11) is -3.81. The molecule has 1 amide bonds. The van der Waals surface area contributed by atoms with Gasteiger partial charge in [0.25, 0.3) is 0 Å². The van der Waals surface area contributed by atoms with E-state index in [1.54, 1.807) is 0 Å². The topological polar surface area (TPSA) is 94.2 Å². The first-order valence-corrected chi connectivity index (χ1v) is 10.2. The van der Waals surface area contributed by atoms with Crippen molar-refractivity contribution in [2.75, 3.05) is 28.7 Å². The summed E-state index contributed by atoms with van der Waals surface area (Å²) in [5.41, 5.74) is 0.388. The van der Waals surface area contributed by atoms with Crippen molar-refractivity contribution in [2.24, 2.45) is 0 Å². The van der Waals surface area contributed by atoms with Gasteiger partial charge in [-0.05, 0) is 43.3 Å². The minimum absolute atomic E-state index is 0.00779. The van der Waals surface area contributed by atoms with Gasteiger partial charge in [-0.2, -0.15) is 0 Å². The lowest BCUT2D eigenvalue weighted by molar-refractivity contribution is -0.274. The first kappa shape index (κ1) is 21.6. The monoisotopic (exact) mass is 446 g/mol. The third-order valence-corrected chi connectivity index (χ3v) is 5.74. The molecule has 0 atom stereocenters. The number of benzene rings is 2. The normalized spacial score (nSPS) is 13.1. The molecule has 0 unspecified atom stereocenters. The van der Waals surface area contributed by atoms with Crippen LogP contribution in [0.3, 0.4) is 0 Å². The van der Waals surface area contributed by atoms with Crippen LogP contribution in [0.5, 0.6) is 17.2 Å². The minimum atomic E-state index is -4.83. The molecule has 2 aromatic rings. The first-order valence-electron chi connectivity index (χ1n) is 8.63. The van der Waals surface area contributed by atoms with Gasteiger partial charge in [0.05, 0.1) is 11.4 Å². The molecule has 2 aromatic carbocycles. The van der Waals surface area contributed by atoms with Gasteiger partial charge in [-0.3, -0.25) is 9.10 Å². The first-order chi connectivity index (χ1) is 14.1. The highest BCUT2D eigenvalue weighted by atomic mass is 32.2. The van der Waals surface area contributed by atoms with Crippen LogP contribution in [-0.4, -0.2) is 39.8 Å². The molecule has 0 aliphatic carbocycles. The molecule has 0 bridgehead atoms. The highest BCUT2D eigenvalue weighted by Crippen LogP contribution is 2.36. The summed E-state index contributed by atoms with van der Waals surface area (Å²) in [6.45, 7) is 0.900. The predicted octanol–water partition coefficient (Wildman–Crippen LogP) is 3.11. The van der Waals surface area contributed by atoms with Gasteiger partial charge in [-0.25, -0.2) is 8.42 Å². The quantitative estimate of drug-likeness (QED) is 0.703. The third kappa shape index (κ3) is 5.26. The van der Waals surface area contributed by atoms with E-state index in [-0.39, 0.29) is 23.9 Å². The Morgan fingerprint density at radius 2 is 1.80 bits per heavy atom. The molecule has 3 rings (SSSR count). The van der Waals surface area contributed by atoms with E-state index < -0.39 is 34.6 Å². The molecule has 0 saturated heterocycles. The van der Waals surface area contributed by atoms with Crippen LogP contribution in [0.1, 0.15) is 6.92 Å². The summed E-state index contributed by atoms with van der Waals surface area (Å²) in [5.74, 6) is -0.578. The molecule has 12 heteroatoms. The van der Waals surface area contributed by atoms with Crippen molar-refractivity contribution in [3.63, 3.8) is 0 Å². The molecular formula is C18H17F3N2O6S. The largest absolute Gasteiger partial charge is 0.573 e. The number of carbonyl (C=O) groups is 1. The Balaban J connectivity index is 1.74. The van der Waals surface area contributed by atoms with E-state index >= 15 is 0 Å². The highest BCUT2D eigenvalue weighted by molar-refractivity contribution is 7.92. The van der Waals surface area contributed by atoms with E-state index in [0.29, 0.717) is 11.5 Å². The summed E-state index contributed by atoms with van der Waals surface area (Å²) in [4.78, 5) is 12.4. The van der Waals surface area contributed by atoms with Gasteiger partial charge in [0.2, 0.25) is 22.7 Å². The second-order valence-corrected chi connectivity index (χ2v) is 8.25. The summed E-state index contributed by atoms with van der Waals surface area (Å²) >= 11 is 0. The van der Waals surface area contributed by atoms with Crippen LogP contribution in [0.2, 0.25) is 0 Å². The second-order valence-electron chi connectivity index (χ2n) is 6.07. The molecule has 1 N–H and O–H groups in total. The van der Waals surface area contributed by atoms with Crippen molar-refractivity contribution in [1.29, 1.82) is 0 Å². The predicted molar refractivity (Wildman–Crippen MR) is 101 cm³/mol. The Kier molecular flexibility index (Phi) is 5.97. The number of hydrogen-bond donors (Lipinski definition) is 1. The number of ether oxygens (including phenoxy) is 3. The minimum Gasteiger partial charge on any atom is -0.454 e. The van der Waals surface area contributed by atoms with E-state index in [1.165, 1.54) is 37.3 Å². The Hall–Kier alpha value is -3.15. The van der Waals surface area contributed by atoms with E-state index in [0.717, 1.165) is 16.4 Å². The number of carbonyl (C=O) groups excluding carboxylic acids is 1. The number of anilines is 2. The molecule has 0 fully saturated rings. The van der Waals surface area contributed by atoms with Crippen molar-refractivity contribution < 1.29 is 40.6 Å². The van der Waals surface area contributed by atoms with Crippen molar-refractivity contribution >= 4 is 27.3 Å². The van der Waals surface area contributed by atoms with Crippen LogP contribution in [0.15, 0.2) is 42.5 Å². The van der Waals surface area contributed by atoms with Crippen molar-refractivity contribution in [3.05, 3.63) is 42.5 Å². The number of alkyl halides is 3. The molecule has 8 nitrogen and oxygen atoms in total. The maximum absolute atomic E-state index is 12.5. The van der Waals surface area contributed by atoms with Gasteiger partial charge < -0.3 is 19.5 Å². The van der Waals surface area contributed by atoms with Gasteiger partial charge in [0.1, 0.15) is 12.3 Å². The lowest BCUT2D eigenvalue weighted by Gasteiger charge is -2.23. The second kappa shape index (κ2) is 8.30. The number of nitrogens with one attached hydrogen (secondary N) is 1. The van der Waals surface area contributed by atoms with E-state index in [4.69, 9.17) is 9.47 Å². The zero-order valence-corrected chi connectivity index (χ0v) is 16.4. The number of hydrogen-bond acceptors (Lipinski definition) is 6. The Labute approximate surface area is 170 Å². The molecule has 0 saturated carbocycles. The number of halogens is 3. The Morgan fingerprint density at radius 1 is 1.13 bits per heavy atom. The van der Waals surface area contributed by atoms with Gasteiger partial charge in [0, 0.05) is 11.8 Å². The fraction of sp³-hybridized carbons (Fsp3) is 0.278. The van der Waals surface area contributed by atoms with E-state index in [9.17, 15) is 26.4 Å².